The minimum Gasteiger partial charge on any atom is -0.422 e. The Kier molecular flexibility index (Phi) is 4.48. The van der Waals surface area contributed by atoms with E-state index in [1.807, 2.05) is 12.1 Å². The first-order valence-corrected chi connectivity index (χ1v) is 7.73. The number of amides is 1. The third kappa shape index (κ3) is 3.35. The van der Waals surface area contributed by atoms with Gasteiger partial charge in [-0.25, -0.2) is 9.18 Å². The van der Waals surface area contributed by atoms with Gasteiger partial charge in [0.05, 0.1) is 0 Å². The Hall–Kier alpha value is -3.21. The molecule has 5 heteroatoms. The highest BCUT2D eigenvalue weighted by molar-refractivity contribution is 6.05. The van der Waals surface area contributed by atoms with Gasteiger partial charge in [-0.1, -0.05) is 24.3 Å². The van der Waals surface area contributed by atoms with Gasteiger partial charge in [-0.3, -0.25) is 4.79 Å². The zero-order valence-electron chi connectivity index (χ0n) is 13.6. The highest BCUT2D eigenvalue weighted by atomic mass is 19.1. The van der Waals surface area contributed by atoms with Crippen molar-refractivity contribution >= 4 is 22.6 Å². The van der Waals surface area contributed by atoms with E-state index in [0.29, 0.717) is 28.6 Å². The van der Waals surface area contributed by atoms with E-state index in [-0.39, 0.29) is 11.4 Å². The van der Waals surface area contributed by atoms with Gasteiger partial charge in [0.2, 0.25) is 0 Å². The lowest BCUT2D eigenvalue weighted by atomic mass is 10.1. The molecule has 0 saturated heterocycles. The van der Waals surface area contributed by atoms with Crippen molar-refractivity contribution in [1.82, 2.24) is 0 Å². The molecule has 3 aromatic rings. The molecule has 1 aromatic heterocycles. The van der Waals surface area contributed by atoms with Crippen molar-refractivity contribution < 1.29 is 13.6 Å². The van der Waals surface area contributed by atoms with Crippen LogP contribution in [0.15, 0.2) is 64.3 Å². The van der Waals surface area contributed by atoms with Crippen molar-refractivity contribution in [2.45, 2.75) is 13.3 Å². The van der Waals surface area contributed by atoms with Gasteiger partial charge in [0.15, 0.2) is 0 Å². The van der Waals surface area contributed by atoms with Gasteiger partial charge in [0.25, 0.3) is 5.91 Å². The Bertz CT molecular complexity index is 1040. The summed E-state index contributed by atoms with van der Waals surface area (Å²) in [5.41, 5.74) is 1.25. The van der Waals surface area contributed by atoms with Crippen molar-refractivity contribution in [1.29, 1.82) is 0 Å². The zero-order valence-corrected chi connectivity index (χ0v) is 13.6. The summed E-state index contributed by atoms with van der Waals surface area (Å²) in [4.78, 5) is 24.6. The van der Waals surface area contributed by atoms with Crippen LogP contribution < -0.4 is 10.9 Å². The minimum atomic E-state index is -0.722. The highest BCUT2D eigenvalue weighted by Gasteiger charge is 2.15. The van der Waals surface area contributed by atoms with Crippen LogP contribution in [0.1, 0.15) is 21.5 Å². The first-order chi connectivity index (χ1) is 12.0. The third-order valence-electron chi connectivity index (χ3n) is 3.87. The Balaban J connectivity index is 1.99. The zero-order chi connectivity index (χ0) is 18.0. The molecule has 0 unspecified atom stereocenters. The van der Waals surface area contributed by atoms with Crippen LogP contribution in [0.25, 0.3) is 11.0 Å². The van der Waals surface area contributed by atoms with Gasteiger partial charge < -0.3 is 9.73 Å². The number of carbonyl (C=O) groups excluding carboxylic acids is 1. The van der Waals surface area contributed by atoms with E-state index < -0.39 is 11.5 Å². The number of halogens is 1. The summed E-state index contributed by atoms with van der Waals surface area (Å²) in [7, 11) is 0. The largest absolute Gasteiger partial charge is 0.422 e. The van der Waals surface area contributed by atoms with Crippen LogP contribution in [0.5, 0.6) is 0 Å². The van der Waals surface area contributed by atoms with Gasteiger partial charge in [-0.2, -0.15) is 0 Å². The molecule has 1 amide bonds. The molecule has 0 bridgehead atoms. The van der Waals surface area contributed by atoms with E-state index in [0.717, 1.165) is 5.56 Å². The molecule has 25 heavy (non-hydrogen) atoms. The van der Waals surface area contributed by atoms with Crippen molar-refractivity contribution in [3.05, 3.63) is 88.0 Å². The van der Waals surface area contributed by atoms with E-state index >= 15 is 0 Å². The molecule has 0 spiro atoms. The molecule has 0 aliphatic rings. The van der Waals surface area contributed by atoms with Crippen LogP contribution in [-0.2, 0) is 6.42 Å². The second kappa shape index (κ2) is 6.73. The molecular weight excluding hydrogens is 321 g/mol. The number of carbonyl (C=O) groups is 1. The van der Waals surface area contributed by atoms with Gasteiger partial charge in [-0.15, -0.1) is 6.58 Å². The summed E-state index contributed by atoms with van der Waals surface area (Å²) >= 11 is 0. The van der Waals surface area contributed by atoms with Crippen molar-refractivity contribution in [3.8, 4) is 0 Å². The van der Waals surface area contributed by atoms with Crippen LogP contribution in [0.4, 0.5) is 10.1 Å². The normalized spacial score (nSPS) is 10.6. The summed E-state index contributed by atoms with van der Waals surface area (Å²) in [5, 5.41) is 3.24. The standard InChI is InChI=1S/C20H16FNO3/c1-3-5-13-6-4-7-14-11-16(20(24)25-18(13)14)19(23)22-15-8-9-17(21)12(2)10-15/h3-4,6-11H,1,5H2,2H3,(H,22,23). The van der Waals surface area contributed by atoms with E-state index in [1.54, 1.807) is 19.1 Å². The number of hydrogen-bond acceptors (Lipinski definition) is 3. The average Bonchev–Trinajstić information content (AvgIpc) is 2.58. The molecule has 3 rings (SSSR count). The molecule has 0 radical (unpaired) electrons. The van der Waals surface area contributed by atoms with Crippen LogP contribution in [0.3, 0.4) is 0 Å². The average molecular weight is 337 g/mol. The summed E-state index contributed by atoms with van der Waals surface area (Å²) in [6.07, 6.45) is 2.27. The molecule has 0 atom stereocenters. The number of para-hydroxylation sites is 1. The van der Waals surface area contributed by atoms with Crippen molar-refractivity contribution in [2.24, 2.45) is 0 Å². The number of nitrogens with one attached hydrogen (secondary N) is 1. The van der Waals surface area contributed by atoms with E-state index in [2.05, 4.69) is 11.9 Å². The summed E-state index contributed by atoms with van der Waals surface area (Å²) in [5.74, 6) is -0.964. The fourth-order valence-electron chi connectivity index (χ4n) is 2.60. The molecule has 0 aliphatic carbocycles. The number of benzene rings is 2. The molecule has 2 aromatic carbocycles. The van der Waals surface area contributed by atoms with Crippen LogP contribution in [0.2, 0.25) is 0 Å². The maximum atomic E-state index is 13.3. The first kappa shape index (κ1) is 16.6. The molecule has 1 N–H and O–H groups in total. The number of rotatable bonds is 4. The number of fused-ring (bicyclic) bond motifs is 1. The molecule has 0 saturated carbocycles. The fraction of sp³-hybridized carbons (Fsp3) is 0.100. The maximum absolute atomic E-state index is 13.3. The smallest absolute Gasteiger partial charge is 0.349 e. The molecule has 4 nitrogen and oxygen atoms in total. The van der Waals surface area contributed by atoms with E-state index in [1.165, 1.54) is 24.3 Å². The van der Waals surface area contributed by atoms with Crippen molar-refractivity contribution in [2.75, 3.05) is 5.32 Å². The van der Waals surface area contributed by atoms with Gasteiger partial charge >= 0.3 is 5.63 Å². The van der Waals surface area contributed by atoms with Gasteiger partial charge in [0, 0.05) is 11.1 Å². The second-order valence-electron chi connectivity index (χ2n) is 5.69. The lowest BCUT2D eigenvalue weighted by Crippen LogP contribution is -2.20. The molecule has 0 aliphatic heterocycles. The van der Waals surface area contributed by atoms with Crippen LogP contribution in [-0.4, -0.2) is 5.91 Å². The fourth-order valence-corrected chi connectivity index (χ4v) is 2.60. The minimum absolute atomic E-state index is 0.106. The Morgan fingerprint density at radius 3 is 2.80 bits per heavy atom. The topological polar surface area (TPSA) is 59.3 Å². The Morgan fingerprint density at radius 1 is 1.28 bits per heavy atom. The van der Waals surface area contributed by atoms with Crippen molar-refractivity contribution in [3.63, 3.8) is 0 Å². The quantitative estimate of drug-likeness (QED) is 0.573. The molecular formula is C20H16FNO3. The molecule has 0 fully saturated rings. The molecule has 126 valence electrons. The van der Waals surface area contributed by atoms with Crippen LogP contribution in [0, 0.1) is 12.7 Å². The Labute approximate surface area is 143 Å². The van der Waals surface area contributed by atoms with Gasteiger partial charge in [0.1, 0.15) is 17.0 Å². The number of hydrogen-bond donors (Lipinski definition) is 1. The summed E-state index contributed by atoms with van der Waals surface area (Å²) in [6.45, 7) is 5.27. The van der Waals surface area contributed by atoms with E-state index in [9.17, 15) is 14.0 Å². The lowest BCUT2D eigenvalue weighted by molar-refractivity contribution is 0.102. The number of aryl methyl sites for hydroxylation is 1. The van der Waals surface area contributed by atoms with E-state index in [4.69, 9.17) is 4.42 Å². The summed E-state index contributed by atoms with van der Waals surface area (Å²) < 4.78 is 18.7. The van der Waals surface area contributed by atoms with Crippen LogP contribution >= 0.6 is 0 Å². The first-order valence-electron chi connectivity index (χ1n) is 7.73. The summed E-state index contributed by atoms with van der Waals surface area (Å²) in [6, 6.07) is 11.1. The number of allylic oxidation sites excluding steroid dienone is 1. The monoisotopic (exact) mass is 337 g/mol. The second-order valence-corrected chi connectivity index (χ2v) is 5.69. The Morgan fingerprint density at radius 2 is 2.08 bits per heavy atom. The predicted molar refractivity (Wildman–Crippen MR) is 95.5 cm³/mol. The van der Waals surface area contributed by atoms with Gasteiger partial charge in [-0.05, 0) is 48.7 Å². The maximum Gasteiger partial charge on any atom is 0.349 e. The lowest BCUT2D eigenvalue weighted by Gasteiger charge is -2.08. The number of anilines is 1. The third-order valence-corrected chi connectivity index (χ3v) is 3.87. The highest BCUT2D eigenvalue weighted by Crippen LogP contribution is 2.20. The molecule has 1 heterocycles. The SMILES string of the molecule is C=CCc1cccc2cc(C(=O)Nc3ccc(F)c(C)c3)c(=O)oc12. The predicted octanol–water partition coefficient (Wildman–Crippen LogP) is 4.22.